The molecule has 0 atom stereocenters. The third-order valence-electron chi connectivity index (χ3n) is 3.94. The van der Waals surface area contributed by atoms with Crippen molar-refractivity contribution in [2.24, 2.45) is 5.16 Å². The van der Waals surface area contributed by atoms with Gasteiger partial charge < -0.3 is 15.4 Å². The van der Waals surface area contributed by atoms with Gasteiger partial charge in [0.1, 0.15) is 0 Å². The highest BCUT2D eigenvalue weighted by Crippen LogP contribution is 2.17. The fourth-order valence-corrected chi connectivity index (χ4v) is 2.73. The highest BCUT2D eigenvalue weighted by Gasteiger charge is 2.13. The summed E-state index contributed by atoms with van der Waals surface area (Å²) in [4.78, 5) is 20.7. The van der Waals surface area contributed by atoms with Crippen molar-refractivity contribution in [2.75, 3.05) is 19.6 Å². The van der Waals surface area contributed by atoms with Crippen LogP contribution in [0.15, 0.2) is 47.1 Å². The number of carboxylic acid groups (broad SMARTS) is 2. The van der Waals surface area contributed by atoms with Crippen molar-refractivity contribution in [3.8, 4) is 0 Å². The standard InChI is InChI=1S/C17H24N2O.C2H2O4/c1-2-12-19-13-6-7-15(14-19)10-11-17(18-20)16-8-4-3-5-9-16;3-1(4)2(5)6/h3-5,7-9,20H,2,6,10-14H2,1H3;(H,3,4)(H,5,6). The van der Waals surface area contributed by atoms with E-state index >= 15 is 0 Å². The van der Waals surface area contributed by atoms with E-state index in [2.05, 4.69) is 23.1 Å². The van der Waals surface area contributed by atoms with Crippen LogP contribution in [0.2, 0.25) is 0 Å². The molecule has 0 spiro atoms. The van der Waals surface area contributed by atoms with Gasteiger partial charge >= 0.3 is 11.9 Å². The molecule has 26 heavy (non-hydrogen) atoms. The Morgan fingerprint density at radius 3 is 2.35 bits per heavy atom. The quantitative estimate of drug-likeness (QED) is 0.236. The van der Waals surface area contributed by atoms with Crippen LogP contribution < -0.4 is 0 Å². The summed E-state index contributed by atoms with van der Waals surface area (Å²) in [6.07, 6.45) is 6.49. The minimum atomic E-state index is -1.82. The number of carboxylic acids is 2. The van der Waals surface area contributed by atoms with Crippen LogP contribution in [0.4, 0.5) is 0 Å². The lowest BCUT2D eigenvalue weighted by Crippen LogP contribution is -2.30. The Labute approximate surface area is 153 Å². The maximum atomic E-state index is 9.20. The number of hydrogen-bond donors (Lipinski definition) is 3. The van der Waals surface area contributed by atoms with Crippen LogP contribution in [-0.4, -0.2) is 57.6 Å². The summed E-state index contributed by atoms with van der Waals surface area (Å²) in [5.74, 6) is -3.65. The number of hydrogen-bond acceptors (Lipinski definition) is 5. The second kappa shape index (κ2) is 11.8. The first-order valence-electron chi connectivity index (χ1n) is 8.60. The van der Waals surface area contributed by atoms with Crippen molar-refractivity contribution in [1.29, 1.82) is 0 Å². The van der Waals surface area contributed by atoms with Crippen molar-refractivity contribution in [3.05, 3.63) is 47.5 Å². The summed E-state index contributed by atoms with van der Waals surface area (Å²) in [5, 5.41) is 27.5. The molecule has 1 heterocycles. The lowest BCUT2D eigenvalue weighted by molar-refractivity contribution is -0.159. The largest absolute Gasteiger partial charge is 0.473 e. The lowest BCUT2D eigenvalue weighted by Gasteiger charge is -2.26. The average molecular weight is 362 g/mol. The topological polar surface area (TPSA) is 110 Å². The molecule has 3 N–H and O–H groups in total. The van der Waals surface area contributed by atoms with Gasteiger partial charge in [-0.2, -0.15) is 0 Å². The molecule has 1 aliphatic rings. The van der Waals surface area contributed by atoms with Crippen LogP contribution >= 0.6 is 0 Å². The van der Waals surface area contributed by atoms with Crippen LogP contribution in [-0.2, 0) is 9.59 Å². The molecule has 142 valence electrons. The van der Waals surface area contributed by atoms with E-state index < -0.39 is 11.9 Å². The molecule has 0 aliphatic carbocycles. The van der Waals surface area contributed by atoms with Crippen LogP contribution in [0.3, 0.4) is 0 Å². The zero-order valence-corrected chi connectivity index (χ0v) is 15.0. The molecule has 0 amide bonds. The number of aliphatic carboxylic acids is 2. The smallest absolute Gasteiger partial charge is 0.414 e. The summed E-state index contributed by atoms with van der Waals surface area (Å²) in [6, 6.07) is 9.92. The Morgan fingerprint density at radius 2 is 1.81 bits per heavy atom. The van der Waals surface area contributed by atoms with Crippen molar-refractivity contribution in [1.82, 2.24) is 4.90 Å². The van der Waals surface area contributed by atoms with E-state index in [0.717, 1.165) is 37.1 Å². The van der Waals surface area contributed by atoms with Gasteiger partial charge in [0, 0.05) is 13.1 Å². The van der Waals surface area contributed by atoms with Crippen molar-refractivity contribution < 1.29 is 25.0 Å². The molecular weight excluding hydrogens is 336 g/mol. The van der Waals surface area contributed by atoms with E-state index in [-0.39, 0.29) is 0 Å². The highest BCUT2D eigenvalue weighted by atomic mass is 16.4. The Hall–Kier alpha value is -2.67. The van der Waals surface area contributed by atoms with E-state index in [1.54, 1.807) is 0 Å². The van der Waals surface area contributed by atoms with Gasteiger partial charge in [-0.1, -0.05) is 54.1 Å². The summed E-state index contributed by atoms with van der Waals surface area (Å²) < 4.78 is 0. The van der Waals surface area contributed by atoms with Gasteiger partial charge in [0.15, 0.2) is 0 Å². The van der Waals surface area contributed by atoms with Crippen LogP contribution in [0.5, 0.6) is 0 Å². The number of nitrogens with zero attached hydrogens (tertiary/aromatic N) is 2. The summed E-state index contributed by atoms with van der Waals surface area (Å²) >= 11 is 0. The molecule has 0 saturated heterocycles. The van der Waals surface area contributed by atoms with Crippen molar-refractivity contribution in [3.63, 3.8) is 0 Å². The molecule has 1 aliphatic heterocycles. The Morgan fingerprint density at radius 1 is 1.15 bits per heavy atom. The SMILES string of the molecule is CCCN1CCC=C(CCC(=NO)c2ccccc2)C1.O=C(O)C(=O)O. The van der Waals surface area contributed by atoms with E-state index in [1.165, 1.54) is 25.1 Å². The van der Waals surface area contributed by atoms with Gasteiger partial charge in [-0.3, -0.25) is 4.90 Å². The number of oxime groups is 1. The van der Waals surface area contributed by atoms with Gasteiger partial charge in [-0.25, -0.2) is 9.59 Å². The maximum Gasteiger partial charge on any atom is 0.414 e. The van der Waals surface area contributed by atoms with Crippen molar-refractivity contribution in [2.45, 2.75) is 32.6 Å². The summed E-state index contributed by atoms with van der Waals surface area (Å²) in [5.41, 5.74) is 3.26. The minimum absolute atomic E-state index is 0.777. The zero-order chi connectivity index (χ0) is 19.4. The van der Waals surface area contributed by atoms with Gasteiger partial charge in [-0.05, 0) is 37.8 Å². The first kappa shape index (κ1) is 21.4. The first-order chi connectivity index (χ1) is 12.5. The number of rotatable bonds is 6. The molecule has 0 aromatic heterocycles. The third-order valence-corrected chi connectivity index (χ3v) is 3.94. The van der Waals surface area contributed by atoms with Gasteiger partial charge in [0.05, 0.1) is 5.71 Å². The van der Waals surface area contributed by atoms with Crippen LogP contribution in [0.25, 0.3) is 0 Å². The number of benzene rings is 1. The molecule has 7 heteroatoms. The van der Waals surface area contributed by atoms with Gasteiger partial charge in [0.2, 0.25) is 0 Å². The van der Waals surface area contributed by atoms with Gasteiger partial charge in [0.25, 0.3) is 0 Å². The molecule has 1 aromatic rings. The minimum Gasteiger partial charge on any atom is -0.473 e. The molecule has 0 bridgehead atoms. The maximum absolute atomic E-state index is 9.20. The zero-order valence-electron chi connectivity index (χ0n) is 15.0. The van der Waals surface area contributed by atoms with Gasteiger partial charge in [-0.15, -0.1) is 0 Å². The second-order valence-corrected chi connectivity index (χ2v) is 5.95. The normalized spacial score (nSPS) is 14.8. The van der Waals surface area contributed by atoms with Crippen LogP contribution in [0.1, 0.15) is 38.2 Å². The molecule has 2 rings (SSSR count). The van der Waals surface area contributed by atoms with E-state index in [9.17, 15) is 5.21 Å². The molecule has 1 aromatic carbocycles. The molecule has 0 saturated carbocycles. The number of carbonyl (C=O) groups is 2. The molecule has 0 unspecified atom stereocenters. The Balaban J connectivity index is 0.000000487. The highest BCUT2D eigenvalue weighted by molar-refractivity contribution is 6.27. The van der Waals surface area contributed by atoms with Crippen LogP contribution in [0, 0.1) is 0 Å². The molecule has 0 radical (unpaired) electrons. The fraction of sp³-hybridized carbons (Fsp3) is 0.421. The lowest BCUT2D eigenvalue weighted by atomic mass is 9.99. The molecule has 7 nitrogen and oxygen atoms in total. The predicted molar refractivity (Wildman–Crippen MR) is 98.7 cm³/mol. The van der Waals surface area contributed by atoms with E-state index in [4.69, 9.17) is 19.8 Å². The third kappa shape index (κ3) is 7.94. The second-order valence-electron chi connectivity index (χ2n) is 5.95. The average Bonchev–Trinajstić information content (AvgIpc) is 2.64. The summed E-state index contributed by atoms with van der Waals surface area (Å²) in [6.45, 7) is 5.65. The van der Waals surface area contributed by atoms with E-state index in [1.807, 2.05) is 30.3 Å². The summed E-state index contributed by atoms with van der Waals surface area (Å²) in [7, 11) is 0. The predicted octanol–water partition coefficient (Wildman–Crippen LogP) is 2.84. The Kier molecular flexibility index (Phi) is 9.71. The fourth-order valence-electron chi connectivity index (χ4n) is 2.73. The Bertz CT molecular complexity index is 629. The van der Waals surface area contributed by atoms with Crippen molar-refractivity contribution >= 4 is 17.7 Å². The first-order valence-corrected chi connectivity index (χ1v) is 8.60. The van der Waals surface area contributed by atoms with E-state index in [0.29, 0.717) is 0 Å². The molecular formula is C19H26N2O5. The monoisotopic (exact) mass is 362 g/mol. The molecule has 0 fully saturated rings.